The van der Waals surface area contributed by atoms with Crippen molar-refractivity contribution in [3.63, 3.8) is 0 Å². The maximum absolute atomic E-state index is 12.5. The first-order valence-electron chi connectivity index (χ1n) is 14.8. The average Bonchev–Trinajstić information content (AvgIpc) is 2.89. The summed E-state index contributed by atoms with van der Waals surface area (Å²) in [6, 6.07) is 2.87. The third-order valence-corrected chi connectivity index (χ3v) is 6.85. The molecular weight excluding hydrogens is 546 g/mol. The number of carboxylic acids is 1. The highest BCUT2D eigenvalue weighted by Crippen LogP contribution is 2.37. The van der Waals surface area contributed by atoms with Crippen LogP contribution < -0.4 is 15.2 Å². The summed E-state index contributed by atoms with van der Waals surface area (Å²) >= 11 is 0. The smallest absolute Gasteiger partial charge is 0.480 e. The van der Waals surface area contributed by atoms with Gasteiger partial charge in [-0.25, -0.2) is 9.59 Å². The van der Waals surface area contributed by atoms with Crippen LogP contribution in [0.25, 0.3) is 0 Å². The predicted molar refractivity (Wildman–Crippen MR) is 157 cm³/mol. The van der Waals surface area contributed by atoms with Crippen molar-refractivity contribution < 1.29 is 48.0 Å². The second kappa shape index (κ2) is 19.0. The number of hydrogen-bond acceptors (Lipinski definition) is 10. The number of ether oxygens (including phenoxy) is 5. The molecule has 4 atom stereocenters. The summed E-state index contributed by atoms with van der Waals surface area (Å²) in [6.45, 7) is 13.6. The number of carbonyl (C=O) groups excluding carboxylic acids is 3. The number of benzene rings is 1. The number of esters is 1. The van der Waals surface area contributed by atoms with Gasteiger partial charge in [0.05, 0.1) is 13.2 Å². The molecule has 1 rings (SSSR count). The summed E-state index contributed by atoms with van der Waals surface area (Å²) in [5, 5.41) is 9.80. The van der Waals surface area contributed by atoms with Crippen molar-refractivity contribution in [2.75, 3.05) is 13.2 Å². The van der Waals surface area contributed by atoms with Crippen molar-refractivity contribution in [1.82, 2.24) is 0 Å². The van der Waals surface area contributed by atoms with E-state index in [2.05, 4.69) is 0 Å². The number of nitrogens with two attached hydrogens (primary N) is 1. The Balaban J connectivity index is 3.31. The molecule has 3 unspecified atom stereocenters. The van der Waals surface area contributed by atoms with Crippen molar-refractivity contribution in [3.8, 4) is 11.5 Å². The molecule has 0 saturated heterocycles. The van der Waals surface area contributed by atoms with Gasteiger partial charge in [-0.2, -0.15) is 0 Å². The van der Waals surface area contributed by atoms with Crippen LogP contribution in [0.15, 0.2) is 18.2 Å². The first-order chi connectivity index (χ1) is 19.8. The molecule has 1 aromatic carbocycles. The van der Waals surface area contributed by atoms with E-state index in [-0.39, 0.29) is 37.1 Å². The molecule has 0 aliphatic carbocycles. The summed E-state index contributed by atoms with van der Waals surface area (Å²) in [6.07, 6.45) is 1.38. The Hall–Kier alpha value is -3.34. The van der Waals surface area contributed by atoms with E-state index in [4.69, 9.17) is 29.4 Å². The molecule has 238 valence electrons. The third-order valence-electron chi connectivity index (χ3n) is 6.85. The summed E-state index contributed by atoms with van der Waals surface area (Å²) < 4.78 is 26.6. The first kappa shape index (κ1) is 36.7. The Morgan fingerprint density at radius 1 is 0.833 bits per heavy atom. The van der Waals surface area contributed by atoms with Crippen LogP contribution in [0.3, 0.4) is 0 Å². The fourth-order valence-corrected chi connectivity index (χ4v) is 4.07. The van der Waals surface area contributed by atoms with E-state index in [0.29, 0.717) is 36.7 Å². The minimum atomic E-state index is -1.39. The highest BCUT2D eigenvalue weighted by atomic mass is 16.7. The number of rotatable bonds is 18. The zero-order valence-corrected chi connectivity index (χ0v) is 26.1. The van der Waals surface area contributed by atoms with Crippen LogP contribution in [0.2, 0.25) is 0 Å². The van der Waals surface area contributed by atoms with Crippen molar-refractivity contribution in [2.45, 2.75) is 105 Å². The maximum atomic E-state index is 12.5. The molecule has 0 bridgehead atoms. The second-order valence-corrected chi connectivity index (χ2v) is 11.4. The van der Waals surface area contributed by atoms with Gasteiger partial charge in [-0.05, 0) is 55.7 Å². The molecule has 42 heavy (non-hydrogen) atoms. The fourth-order valence-electron chi connectivity index (χ4n) is 4.07. The van der Waals surface area contributed by atoms with Gasteiger partial charge in [0.15, 0.2) is 11.5 Å². The van der Waals surface area contributed by atoms with Crippen LogP contribution in [0, 0.1) is 17.8 Å². The Morgan fingerprint density at radius 3 is 1.88 bits per heavy atom. The minimum absolute atomic E-state index is 0.119. The number of aliphatic carboxylic acids is 1. The van der Waals surface area contributed by atoms with Crippen molar-refractivity contribution in [3.05, 3.63) is 23.8 Å². The number of carbonyl (C=O) groups is 4. The molecule has 0 saturated carbocycles. The third kappa shape index (κ3) is 13.5. The molecule has 0 heterocycles. The van der Waals surface area contributed by atoms with E-state index in [1.54, 1.807) is 13.8 Å². The van der Waals surface area contributed by atoms with E-state index in [1.807, 2.05) is 34.6 Å². The normalized spacial score (nSPS) is 14.0. The standard InChI is InChI=1S/C31H49NO10/c1-8-9-10-11-26(33)40-22(7)21(6)27(28(32)29(34)35)23-12-13-24(41-30(36)38-16-14-19(2)3)25(18-23)42-31(37)39-17-15-20(4)5/h12-13,18-22,27-28H,8-11,14-17,32H2,1-7H3,(H,34,35)/t21?,22?,27?,28-/m0/s1. The lowest BCUT2D eigenvalue weighted by molar-refractivity contribution is -0.151. The average molecular weight is 596 g/mol. The van der Waals surface area contributed by atoms with E-state index in [1.165, 1.54) is 18.2 Å². The molecule has 0 aliphatic heterocycles. The topological polar surface area (TPSA) is 161 Å². The van der Waals surface area contributed by atoms with Gasteiger partial charge in [-0.3, -0.25) is 9.59 Å². The van der Waals surface area contributed by atoms with Gasteiger partial charge in [0.1, 0.15) is 12.1 Å². The molecule has 0 fully saturated rings. The number of unbranched alkanes of at least 4 members (excludes halogenated alkanes) is 2. The lowest BCUT2D eigenvalue weighted by atomic mass is 9.79. The van der Waals surface area contributed by atoms with Gasteiger partial charge >= 0.3 is 24.2 Å². The lowest BCUT2D eigenvalue weighted by Gasteiger charge is -2.32. The molecule has 0 spiro atoms. The Morgan fingerprint density at radius 2 is 1.38 bits per heavy atom. The Kier molecular flexibility index (Phi) is 16.6. The van der Waals surface area contributed by atoms with Crippen molar-refractivity contribution in [2.24, 2.45) is 23.5 Å². The molecule has 1 aromatic rings. The van der Waals surface area contributed by atoms with Crippen LogP contribution in [0.4, 0.5) is 9.59 Å². The Bertz CT molecular complexity index is 1010. The van der Waals surface area contributed by atoms with Crippen LogP contribution in [0.1, 0.15) is 98.5 Å². The fraction of sp³-hybridized carbons (Fsp3) is 0.677. The highest BCUT2D eigenvalue weighted by Gasteiger charge is 2.36. The zero-order valence-electron chi connectivity index (χ0n) is 26.1. The molecule has 0 amide bonds. The van der Waals surface area contributed by atoms with E-state index in [0.717, 1.165) is 12.8 Å². The van der Waals surface area contributed by atoms with Crippen LogP contribution in [-0.4, -0.2) is 54.7 Å². The van der Waals surface area contributed by atoms with Gasteiger partial charge in [-0.15, -0.1) is 0 Å². The van der Waals surface area contributed by atoms with Crippen LogP contribution >= 0.6 is 0 Å². The summed E-state index contributed by atoms with van der Waals surface area (Å²) in [5.41, 5.74) is 6.50. The molecule has 11 nitrogen and oxygen atoms in total. The maximum Gasteiger partial charge on any atom is 0.513 e. The van der Waals surface area contributed by atoms with Gasteiger partial charge in [0, 0.05) is 18.3 Å². The summed E-state index contributed by atoms with van der Waals surface area (Å²) in [4.78, 5) is 49.2. The molecule has 11 heteroatoms. The van der Waals surface area contributed by atoms with E-state index < -0.39 is 42.3 Å². The summed E-state index contributed by atoms with van der Waals surface area (Å²) in [7, 11) is 0. The minimum Gasteiger partial charge on any atom is -0.480 e. The lowest BCUT2D eigenvalue weighted by Crippen LogP contribution is -2.42. The van der Waals surface area contributed by atoms with Crippen LogP contribution in [-0.2, 0) is 23.8 Å². The van der Waals surface area contributed by atoms with Crippen molar-refractivity contribution >= 4 is 24.2 Å². The monoisotopic (exact) mass is 595 g/mol. The zero-order chi connectivity index (χ0) is 31.8. The molecule has 0 radical (unpaired) electrons. The molecular formula is C31H49NO10. The van der Waals surface area contributed by atoms with Gasteiger partial charge in [0.2, 0.25) is 0 Å². The van der Waals surface area contributed by atoms with Crippen LogP contribution in [0.5, 0.6) is 11.5 Å². The van der Waals surface area contributed by atoms with Crippen molar-refractivity contribution in [1.29, 1.82) is 0 Å². The van der Waals surface area contributed by atoms with Gasteiger partial charge < -0.3 is 34.5 Å². The molecule has 3 N–H and O–H groups in total. The first-order valence-corrected chi connectivity index (χ1v) is 14.8. The van der Waals surface area contributed by atoms with E-state index in [9.17, 15) is 24.3 Å². The van der Waals surface area contributed by atoms with E-state index >= 15 is 0 Å². The van der Waals surface area contributed by atoms with Gasteiger partial charge in [0.25, 0.3) is 0 Å². The second-order valence-electron chi connectivity index (χ2n) is 11.4. The molecule has 0 aromatic heterocycles. The summed E-state index contributed by atoms with van der Waals surface area (Å²) in [5.74, 6) is -2.76. The highest BCUT2D eigenvalue weighted by molar-refractivity contribution is 5.75. The number of hydrogen-bond donors (Lipinski definition) is 2. The molecule has 0 aliphatic rings. The number of carboxylic acid groups (broad SMARTS) is 1. The Labute approximate surface area is 249 Å². The quantitative estimate of drug-likeness (QED) is 0.0830. The SMILES string of the molecule is CCCCCC(=O)OC(C)C(C)C(c1ccc(OC(=O)OCCC(C)C)c(OC(=O)OCCC(C)C)c1)[C@H](N)C(=O)O. The van der Waals surface area contributed by atoms with Gasteiger partial charge in [-0.1, -0.05) is 60.5 Å². The predicted octanol–water partition coefficient (Wildman–Crippen LogP) is 6.45. The largest absolute Gasteiger partial charge is 0.513 e.